The van der Waals surface area contributed by atoms with E-state index < -0.39 is 45.3 Å². The van der Waals surface area contributed by atoms with E-state index in [2.05, 4.69) is 0 Å². The molecule has 1 nitrogen and oxygen atoms in total. The number of hydrogen-bond acceptors (Lipinski definition) is 2. The average molecular weight is 445 g/mol. The van der Waals surface area contributed by atoms with Crippen molar-refractivity contribution in [2.24, 2.45) is 0 Å². The topological polar surface area (TPSA) is 9.23 Å². The van der Waals surface area contributed by atoms with Crippen LogP contribution in [0, 0.1) is 0 Å². The zero-order valence-electron chi connectivity index (χ0n) is 18.6. The van der Waals surface area contributed by atoms with Gasteiger partial charge in [0.1, 0.15) is 0 Å². The number of alkyl halides is 6. The molecule has 0 aliphatic heterocycles. The molecular formula is C21H30F6OS. The van der Waals surface area contributed by atoms with Gasteiger partial charge in [0, 0.05) is 16.9 Å². The summed E-state index contributed by atoms with van der Waals surface area (Å²) < 4.78 is 91.3. The molecule has 1 rings (SSSR count). The van der Waals surface area contributed by atoms with E-state index in [1.807, 2.05) is 0 Å². The molecule has 0 radical (unpaired) electrons. The molecule has 168 valence electrons. The molecule has 0 fully saturated rings. The maximum atomic E-state index is 14.4. The summed E-state index contributed by atoms with van der Waals surface area (Å²) in [5.41, 5.74) is -7.01. The Labute approximate surface area is 173 Å². The van der Waals surface area contributed by atoms with E-state index in [1.165, 1.54) is 27.9 Å². The van der Waals surface area contributed by atoms with Crippen LogP contribution in [0.2, 0.25) is 0 Å². The largest absolute Gasteiger partial charge is 0.417 e. The van der Waals surface area contributed by atoms with Crippen LogP contribution in [-0.4, -0.2) is 7.11 Å². The standard InChI is InChI=1S/C21H30F6OS/c1-17(2,3)11-12(20(22,23)24)14(18(4,5)6)16(29-28-10)15(19(7,8)9)13(11)21(25,26)27/h1-10H3. The van der Waals surface area contributed by atoms with Gasteiger partial charge in [0.15, 0.2) is 0 Å². The van der Waals surface area contributed by atoms with E-state index in [9.17, 15) is 26.3 Å². The van der Waals surface area contributed by atoms with Crippen molar-refractivity contribution >= 4 is 12.0 Å². The van der Waals surface area contributed by atoms with Crippen molar-refractivity contribution < 1.29 is 30.5 Å². The van der Waals surface area contributed by atoms with Gasteiger partial charge in [0.05, 0.1) is 18.2 Å². The Balaban J connectivity index is 4.68. The molecule has 8 heteroatoms. The van der Waals surface area contributed by atoms with Crippen LogP contribution in [0.4, 0.5) is 26.3 Å². The molecular weight excluding hydrogens is 414 g/mol. The summed E-state index contributed by atoms with van der Waals surface area (Å²) in [6.45, 7) is 13.6. The monoisotopic (exact) mass is 444 g/mol. The van der Waals surface area contributed by atoms with Crippen molar-refractivity contribution in [3.05, 3.63) is 27.8 Å². The van der Waals surface area contributed by atoms with Gasteiger partial charge in [-0.05, 0) is 32.9 Å². The van der Waals surface area contributed by atoms with Crippen LogP contribution in [0.1, 0.15) is 90.1 Å². The van der Waals surface area contributed by atoms with Gasteiger partial charge in [-0.25, -0.2) is 0 Å². The van der Waals surface area contributed by atoms with Gasteiger partial charge in [0.25, 0.3) is 0 Å². The zero-order chi connectivity index (χ0) is 23.4. The second-order valence-electron chi connectivity index (χ2n) is 10.2. The molecule has 0 aliphatic rings. The average Bonchev–Trinajstić information content (AvgIpc) is 2.40. The highest BCUT2D eigenvalue weighted by Crippen LogP contribution is 2.55. The molecule has 1 aromatic carbocycles. The van der Waals surface area contributed by atoms with Crippen LogP contribution in [-0.2, 0) is 32.8 Å². The summed E-state index contributed by atoms with van der Waals surface area (Å²) in [5, 5.41) is 0. The van der Waals surface area contributed by atoms with Crippen LogP contribution in [0.25, 0.3) is 0 Å². The molecule has 0 amide bonds. The highest BCUT2D eigenvalue weighted by Gasteiger charge is 2.51. The molecule has 1 aromatic rings. The summed E-state index contributed by atoms with van der Waals surface area (Å²) >= 11 is 0.562. The number of hydrogen-bond donors (Lipinski definition) is 0. The second kappa shape index (κ2) is 7.66. The maximum absolute atomic E-state index is 14.4. The van der Waals surface area contributed by atoms with E-state index >= 15 is 0 Å². The Kier molecular flexibility index (Phi) is 6.91. The summed E-state index contributed by atoms with van der Waals surface area (Å²) in [7, 11) is 1.24. The molecule has 0 unspecified atom stereocenters. The first-order valence-electron chi connectivity index (χ1n) is 9.16. The zero-order valence-corrected chi connectivity index (χ0v) is 19.4. The van der Waals surface area contributed by atoms with Crippen molar-refractivity contribution in [3.8, 4) is 0 Å². The molecule has 0 atom stereocenters. The maximum Gasteiger partial charge on any atom is 0.417 e. The number of halogens is 6. The third-order valence-corrected chi connectivity index (χ3v) is 5.18. The molecule has 29 heavy (non-hydrogen) atoms. The third-order valence-electron chi connectivity index (χ3n) is 4.44. The van der Waals surface area contributed by atoms with Crippen molar-refractivity contribution in [2.75, 3.05) is 7.11 Å². The van der Waals surface area contributed by atoms with Crippen molar-refractivity contribution in [2.45, 2.75) is 95.8 Å². The lowest BCUT2D eigenvalue weighted by Crippen LogP contribution is -2.34. The van der Waals surface area contributed by atoms with E-state index in [4.69, 9.17) is 4.18 Å². The summed E-state index contributed by atoms with van der Waals surface area (Å²) in [4.78, 5) is -0.111. The highest BCUT2D eigenvalue weighted by molar-refractivity contribution is 7.94. The molecule has 0 aliphatic carbocycles. The molecule has 0 heterocycles. The molecule has 0 aromatic heterocycles. The van der Waals surface area contributed by atoms with Gasteiger partial charge in [-0.1, -0.05) is 62.3 Å². The minimum atomic E-state index is -4.97. The summed E-state index contributed by atoms with van der Waals surface area (Å²) in [5.74, 6) is 0. The van der Waals surface area contributed by atoms with Gasteiger partial charge in [-0.15, -0.1) is 0 Å². The van der Waals surface area contributed by atoms with Crippen molar-refractivity contribution in [3.63, 3.8) is 0 Å². The predicted octanol–water partition coefficient (Wildman–Crippen LogP) is 8.27. The Hall–Kier alpha value is -0.890. The van der Waals surface area contributed by atoms with Gasteiger partial charge in [-0.3, -0.25) is 0 Å². The van der Waals surface area contributed by atoms with Crippen LogP contribution in [0.5, 0.6) is 0 Å². The van der Waals surface area contributed by atoms with E-state index in [0.29, 0.717) is 12.0 Å². The first-order valence-corrected chi connectivity index (χ1v) is 9.90. The van der Waals surface area contributed by atoms with Crippen molar-refractivity contribution in [1.29, 1.82) is 0 Å². The van der Waals surface area contributed by atoms with E-state index in [0.717, 1.165) is 0 Å². The molecule has 0 saturated heterocycles. The normalized spacial score (nSPS) is 14.5. The number of rotatable bonds is 2. The molecule has 0 saturated carbocycles. The number of benzene rings is 1. The third kappa shape index (κ3) is 5.43. The fourth-order valence-corrected chi connectivity index (χ4v) is 4.79. The fourth-order valence-electron chi connectivity index (χ4n) is 3.64. The second-order valence-corrected chi connectivity index (χ2v) is 11.1. The fraction of sp³-hybridized carbons (Fsp3) is 0.714. The van der Waals surface area contributed by atoms with Crippen LogP contribution >= 0.6 is 12.0 Å². The quantitative estimate of drug-likeness (QED) is 0.335. The predicted molar refractivity (Wildman–Crippen MR) is 105 cm³/mol. The lowest BCUT2D eigenvalue weighted by atomic mass is 9.69. The van der Waals surface area contributed by atoms with Crippen LogP contribution in [0.3, 0.4) is 0 Å². The molecule has 0 spiro atoms. The van der Waals surface area contributed by atoms with Crippen molar-refractivity contribution in [1.82, 2.24) is 0 Å². The Morgan fingerprint density at radius 1 is 0.517 bits per heavy atom. The highest BCUT2D eigenvalue weighted by atomic mass is 32.2. The van der Waals surface area contributed by atoms with Gasteiger partial charge in [0.2, 0.25) is 0 Å². The Bertz CT molecular complexity index is 703. The molecule has 0 N–H and O–H groups in total. The van der Waals surface area contributed by atoms with E-state index in [-0.39, 0.29) is 16.0 Å². The lowest BCUT2D eigenvalue weighted by molar-refractivity contribution is -0.147. The summed E-state index contributed by atoms with van der Waals surface area (Å²) in [6, 6.07) is 0. The lowest BCUT2D eigenvalue weighted by Gasteiger charge is -2.39. The minimum absolute atomic E-state index is 0.111. The van der Waals surface area contributed by atoms with Gasteiger partial charge < -0.3 is 4.18 Å². The minimum Gasteiger partial charge on any atom is -0.314 e. The Morgan fingerprint density at radius 2 is 0.793 bits per heavy atom. The molecule has 0 bridgehead atoms. The van der Waals surface area contributed by atoms with Gasteiger partial charge in [-0.2, -0.15) is 26.3 Å². The van der Waals surface area contributed by atoms with E-state index in [1.54, 1.807) is 41.5 Å². The van der Waals surface area contributed by atoms with Crippen LogP contribution < -0.4 is 0 Å². The Morgan fingerprint density at radius 3 is 0.966 bits per heavy atom. The van der Waals surface area contributed by atoms with Crippen LogP contribution in [0.15, 0.2) is 4.90 Å². The SMILES string of the molecule is COSc1c(C(C)(C)C)c(C(F)(F)F)c(C(C)(C)C)c(C(F)(F)F)c1C(C)(C)C. The van der Waals surface area contributed by atoms with Gasteiger partial charge >= 0.3 is 12.4 Å². The first-order chi connectivity index (χ1) is 12.6. The first kappa shape index (κ1) is 26.1. The summed E-state index contributed by atoms with van der Waals surface area (Å²) in [6.07, 6.45) is -9.94. The smallest absolute Gasteiger partial charge is 0.314 e.